The van der Waals surface area contributed by atoms with Crippen LogP contribution < -0.4 is 15.0 Å². The fourth-order valence-electron chi connectivity index (χ4n) is 5.20. The molecule has 1 aliphatic heterocycles. The van der Waals surface area contributed by atoms with Crippen molar-refractivity contribution in [3.05, 3.63) is 64.2 Å². The van der Waals surface area contributed by atoms with Gasteiger partial charge in [-0.25, -0.2) is 0 Å². The Kier molecular flexibility index (Phi) is 4.13. The molecule has 3 unspecified atom stereocenters. The Bertz CT molecular complexity index is 1350. The summed E-state index contributed by atoms with van der Waals surface area (Å²) >= 11 is 6.25. The number of nitrogens with zero attached hydrogens (tertiary/aromatic N) is 4. The monoisotopic (exact) mass is 445 g/mol. The number of benzene rings is 2. The van der Waals surface area contributed by atoms with Crippen molar-refractivity contribution in [1.29, 1.82) is 5.26 Å². The molecule has 0 radical (unpaired) electrons. The zero-order valence-corrected chi connectivity index (χ0v) is 18.1. The summed E-state index contributed by atoms with van der Waals surface area (Å²) in [6.07, 6.45) is 1.88. The first-order valence-corrected chi connectivity index (χ1v) is 10.8. The van der Waals surface area contributed by atoms with Crippen LogP contribution in [0.5, 0.6) is 5.75 Å². The normalized spacial score (nSPS) is 24.8. The van der Waals surface area contributed by atoms with Gasteiger partial charge in [-0.3, -0.25) is 0 Å². The minimum absolute atomic E-state index is 0.0740. The topological polar surface area (TPSA) is 94.3 Å². The number of aliphatic hydroxyl groups is 1. The number of hydrogen-bond acceptors (Lipinski definition) is 7. The molecular formula is C24H20ClN5O2. The molecule has 1 saturated carbocycles. The Hall–Kier alpha value is -3.34. The van der Waals surface area contributed by atoms with Gasteiger partial charge in [0.15, 0.2) is 11.6 Å². The van der Waals surface area contributed by atoms with Crippen molar-refractivity contribution in [3.63, 3.8) is 0 Å². The number of halogens is 1. The van der Waals surface area contributed by atoms with Crippen LogP contribution in [-0.2, 0) is 6.54 Å². The molecule has 160 valence electrons. The van der Waals surface area contributed by atoms with Gasteiger partial charge in [-0.05, 0) is 41.5 Å². The quantitative estimate of drug-likeness (QED) is 0.580. The van der Waals surface area contributed by atoms with Crippen molar-refractivity contribution in [2.45, 2.75) is 12.6 Å². The second kappa shape index (κ2) is 6.83. The lowest BCUT2D eigenvalue weighted by atomic mass is 9.71. The molecule has 1 saturated heterocycles. The Morgan fingerprint density at radius 3 is 2.88 bits per heavy atom. The van der Waals surface area contributed by atoms with E-state index in [1.165, 1.54) is 5.57 Å². The van der Waals surface area contributed by atoms with Gasteiger partial charge in [0, 0.05) is 41.7 Å². The van der Waals surface area contributed by atoms with E-state index in [2.05, 4.69) is 32.6 Å². The number of nitrogens with one attached hydrogen (secondary N) is 1. The second-order valence-electron chi connectivity index (χ2n) is 8.64. The average molecular weight is 446 g/mol. The summed E-state index contributed by atoms with van der Waals surface area (Å²) in [6, 6.07) is 13.4. The highest BCUT2D eigenvalue weighted by Crippen LogP contribution is 2.67. The van der Waals surface area contributed by atoms with Crippen molar-refractivity contribution in [2.75, 3.05) is 30.4 Å². The number of methoxy groups -OCH3 is 1. The summed E-state index contributed by atoms with van der Waals surface area (Å²) in [6.45, 7) is 2.07. The predicted molar refractivity (Wildman–Crippen MR) is 122 cm³/mol. The molecule has 3 atom stereocenters. The van der Waals surface area contributed by atoms with E-state index in [9.17, 15) is 10.4 Å². The van der Waals surface area contributed by atoms with Crippen LogP contribution >= 0.6 is 11.6 Å². The number of hydrogen-bond donors (Lipinski definition) is 2. The summed E-state index contributed by atoms with van der Waals surface area (Å²) in [4.78, 5) is 2.21. The van der Waals surface area contributed by atoms with Gasteiger partial charge < -0.3 is 20.1 Å². The summed E-state index contributed by atoms with van der Waals surface area (Å²) in [5.74, 6) is 2.27. The Morgan fingerprint density at radius 2 is 2.16 bits per heavy atom. The minimum Gasteiger partial charge on any atom is -0.495 e. The summed E-state index contributed by atoms with van der Waals surface area (Å²) in [7, 11) is 1.58. The standard InChI is InChI=1S/C24H20ClN5O2/c1-32-20-5-3-14(7-19(20)25)10-27-22-16-6-13(9-26)2-4-15(16)23(29-28-22)30-11-18-21(31)17-8-24(17,18)12-30/h2-8,18,21,31H,10-12H2,1H3,(H,27,28). The van der Waals surface area contributed by atoms with Gasteiger partial charge in [-0.1, -0.05) is 23.7 Å². The molecule has 32 heavy (non-hydrogen) atoms. The van der Waals surface area contributed by atoms with E-state index in [1.807, 2.05) is 30.3 Å². The van der Waals surface area contributed by atoms with E-state index >= 15 is 0 Å². The van der Waals surface area contributed by atoms with Crippen LogP contribution in [0, 0.1) is 22.7 Å². The first-order valence-electron chi connectivity index (χ1n) is 10.5. The van der Waals surface area contributed by atoms with E-state index in [4.69, 9.17) is 16.3 Å². The zero-order valence-electron chi connectivity index (χ0n) is 17.3. The Labute approximate surface area is 189 Å². The summed E-state index contributed by atoms with van der Waals surface area (Å²) < 4.78 is 5.21. The number of nitriles is 1. The smallest absolute Gasteiger partial charge is 0.159 e. The molecule has 2 aromatic carbocycles. The maximum Gasteiger partial charge on any atom is 0.159 e. The highest BCUT2D eigenvalue weighted by atomic mass is 35.5. The van der Waals surface area contributed by atoms with Crippen molar-refractivity contribution in [3.8, 4) is 11.8 Å². The van der Waals surface area contributed by atoms with Crippen LogP contribution in [0.25, 0.3) is 10.8 Å². The van der Waals surface area contributed by atoms with Gasteiger partial charge in [0.05, 0.1) is 29.9 Å². The molecule has 2 N–H and O–H groups in total. The maximum absolute atomic E-state index is 10.2. The molecule has 3 aliphatic rings. The molecule has 6 rings (SSSR count). The Morgan fingerprint density at radius 1 is 1.28 bits per heavy atom. The lowest BCUT2D eigenvalue weighted by Gasteiger charge is -2.34. The molecule has 7 nitrogen and oxygen atoms in total. The number of aromatic nitrogens is 2. The van der Waals surface area contributed by atoms with Crippen molar-refractivity contribution >= 4 is 34.0 Å². The highest BCUT2D eigenvalue weighted by molar-refractivity contribution is 6.32. The van der Waals surface area contributed by atoms with Crippen molar-refractivity contribution in [1.82, 2.24) is 10.2 Å². The summed E-state index contributed by atoms with van der Waals surface area (Å²) in [5.41, 5.74) is 2.78. The number of rotatable bonds is 5. The van der Waals surface area contributed by atoms with E-state index in [-0.39, 0.29) is 17.4 Å². The molecule has 0 amide bonds. The van der Waals surface area contributed by atoms with E-state index in [1.54, 1.807) is 13.2 Å². The lowest BCUT2D eigenvalue weighted by Crippen LogP contribution is -2.41. The Balaban J connectivity index is 1.32. The summed E-state index contributed by atoms with van der Waals surface area (Å²) in [5, 5.41) is 34.4. The third-order valence-corrected chi connectivity index (χ3v) is 7.26. The number of fused-ring (bicyclic) bond motifs is 1. The lowest BCUT2D eigenvalue weighted by molar-refractivity contribution is 0.0661. The van der Waals surface area contributed by atoms with Gasteiger partial charge >= 0.3 is 0 Å². The van der Waals surface area contributed by atoms with E-state index < -0.39 is 0 Å². The molecule has 2 aliphatic carbocycles. The fourth-order valence-corrected chi connectivity index (χ4v) is 5.48. The SMILES string of the molecule is COc1ccc(CNc2nnc(N3CC4C(O)C5=CC54C3)c3ccc(C#N)cc23)cc1Cl. The van der Waals surface area contributed by atoms with E-state index in [0.717, 1.165) is 35.2 Å². The first-order chi connectivity index (χ1) is 15.5. The molecule has 0 bridgehead atoms. The number of ether oxygens (including phenoxy) is 1. The van der Waals surface area contributed by atoms with Crippen molar-refractivity contribution in [2.24, 2.45) is 11.3 Å². The number of aliphatic hydroxyl groups excluding tert-OH is 1. The van der Waals surface area contributed by atoms with Gasteiger partial charge in [-0.15, -0.1) is 10.2 Å². The van der Waals surface area contributed by atoms with Gasteiger partial charge in [0.2, 0.25) is 0 Å². The molecule has 3 aromatic rings. The van der Waals surface area contributed by atoms with Crippen LogP contribution in [0.3, 0.4) is 0 Å². The first kappa shape index (κ1) is 19.4. The molecule has 8 heteroatoms. The molecule has 2 fully saturated rings. The highest BCUT2D eigenvalue weighted by Gasteiger charge is 2.69. The van der Waals surface area contributed by atoms with E-state index in [0.29, 0.717) is 28.7 Å². The van der Waals surface area contributed by atoms with Crippen LogP contribution in [0.2, 0.25) is 5.02 Å². The zero-order chi connectivity index (χ0) is 22.0. The van der Waals surface area contributed by atoms with Crippen LogP contribution in [-0.4, -0.2) is 41.6 Å². The van der Waals surface area contributed by atoms with Gasteiger partial charge in [-0.2, -0.15) is 5.26 Å². The average Bonchev–Trinajstić information content (AvgIpc) is 3.35. The third-order valence-electron chi connectivity index (χ3n) is 6.96. The van der Waals surface area contributed by atoms with Crippen LogP contribution in [0.1, 0.15) is 11.1 Å². The molecule has 2 heterocycles. The van der Waals surface area contributed by atoms with Crippen LogP contribution in [0.15, 0.2) is 48.0 Å². The largest absolute Gasteiger partial charge is 0.495 e. The maximum atomic E-state index is 10.2. The molecule has 1 spiro atoms. The van der Waals surface area contributed by atoms with Gasteiger partial charge in [0.1, 0.15) is 5.75 Å². The van der Waals surface area contributed by atoms with Gasteiger partial charge in [0.25, 0.3) is 0 Å². The second-order valence-corrected chi connectivity index (χ2v) is 9.05. The molecular weight excluding hydrogens is 426 g/mol. The minimum atomic E-state index is -0.318. The predicted octanol–water partition coefficient (Wildman–Crippen LogP) is 3.51. The molecule has 1 aromatic heterocycles. The van der Waals surface area contributed by atoms with Crippen molar-refractivity contribution < 1.29 is 9.84 Å². The fraction of sp³-hybridized carbons (Fsp3) is 0.292. The van der Waals surface area contributed by atoms with Crippen LogP contribution in [0.4, 0.5) is 11.6 Å². The number of anilines is 2. The third kappa shape index (κ3) is 2.70.